The average Bonchev–Trinajstić information content (AvgIpc) is 2.82. The zero-order valence-corrected chi connectivity index (χ0v) is 9.69. The van der Waals surface area contributed by atoms with E-state index in [0.29, 0.717) is 0 Å². The molecule has 0 spiro atoms. The van der Waals surface area contributed by atoms with E-state index in [-0.39, 0.29) is 0 Å². The fourth-order valence-electron chi connectivity index (χ4n) is 2.66. The Morgan fingerprint density at radius 2 is 1.82 bits per heavy atom. The van der Waals surface area contributed by atoms with E-state index in [9.17, 15) is 0 Å². The third-order valence-corrected chi connectivity index (χ3v) is 3.60. The summed E-state index contributed by atoms with van der Waals surface area (Å²) in [7, 11) is 0. The Balaban J connectivity index is 1.86. The molecule has 1 N–H and O–H groups in total. The molecule has 0 heterocycles. The van der Waals surface area contributed by atoms with Crippen molar-refractivity contribution in [1.82, 2.24) is 0 Å². The maximum absolute atomic E-state index is 8.84. The fraction of sp³-hybridized carbons (Fsp3) is 0.267. The van der Waals surface area contributed by atoms with Crippen molar-refractivity contribution in [3.8, 4) is 0 Å². The summed E-state index contributed by atoms with van der Waals surface area (Å²) in [6, 6.07) is 10.5. The van der Waals surface area contributed by atoms with Crippen LogP contribution < -0.4 is 0 Å². The lowest BCUT2D eigenvalue weighted by Crippen LogP contribution is -2.06. The van der Waals surface area contributed by atoms with Crippen LogP contribution in [0.1, 0.15) is 31.2 Å². The van der Waals surface area contributed by atoms with Gasteiger partial charge in [0, 0.05) is 6.42 Å². The molecular weight excluding hydrogens is 210 g/mol. The van der Waals surface area contributed by atoms with Crippen molar-refractivity contribution in [2.24, 2.45) is 5.16 Å². The van der Waals surface area contributed by atoms with Gasteiger partial charge in [-0.2, -0.15) is 0 Å². The first-order chi connectivity index (χ1) is 8.36. The van der Waals surface area contributed by atoms with Crippen molar-refractivity contribution < 1.29 is 5.21 Å². The van der Waals surface area contributed by atoms with Gasteiger partial charge in [0.1, 0.15) is 0 Å². The zero-order chi connectivity index (χ0) is 11.7. The molecule has 0 aliphatic heterocycles. The van der Waals surface area contributed by atoms with E-state index in [0.717, 1.165) is 31.4 Å². The summed E-state index contributed by atoms with van der Waals surface area (Å²) in [6.07, 6.45) is 6.11. The molecule has 0 fully saturated rings. The number of oxime groups is 1. The summed E-state index contributed by atoms with van der Waals surface area (Å²) in [6.45, 7) is 0. The third kappa shape index (κ3) is 1.91. The van der Waals surface area contributed by atoms with Crippen LogP contribution in [-0.4, -0.2) is 10.9 Å². The number of nitrogens with zero attached hydrogens (tertiary/aromatic N) is 1. The molecule has 2 nitrogen and oxygen atoms in total. The van der Waals surface area contributed by atoms with Crippen LogP contribution >= 0.6 is 0 Å². The molecule has 0 atom stereocenters. The number of hydrogen-bond donors (Lipinski definition) is 1. The second kappa shape index (κ2) is 4.21. The normalized spacial score (nSPS) is 21.6. The largest absolute Gasteiger partial charge is 0.411 e. The highest BCUT2D eigenvalue weighted by Crippen LogP contribution is 2.39. The van der Waals surface area contributed by atoms with Gasteiger partial charge < -0.3 is 5.21 Å². The maximum Gasteiger partial charge on any atom is 0.0617 e. The SMILES string of the molecule is O/N=C1\CCC2=C(C=C(c3ccccc3)C2)C1. The van der Waals surface area contributed by atoms with Crippen molar-refractivity contribution in [1.29, 1.82) is 0 Å². The van der Waals surface area contributed by atoms with Gasteiger partial charge in [0.05, 0.1) is 5.71 Å². The van der Waals surface area contributed by atoms with Gasteiger partial charge in [0.2, 0.25) is 0 Å². The lowest BCUT2D eigenvalue weighted by Gasteiger charge is -2.14. The predicted molar refractivity (Wildman–Crippen MR) is 69.1 cm³/mol. The Morgan fingerprint density at radius 1 is 1.00 bits per heavy atom. The molecule has 1 aromatic rings. The van der Waals surface area contributed by atoms with Crippen molar-refractivity contribution in [3.05, 3.63) is 53.1 Å². The minimum absolute atomic E-state index is 0.822. The van der Waals surface area contributed by atoms with Crippen LogP contribution in [0.4, 0.5) is 0 Å². The molecule has 3 rings (SSSR count). The maximum atomic E-state index is 8.84. The van der Waals surface area contributed by atoms with Crippen molar-refractivity contribution in [2.45, 2.75) is 25.7 Å². The summed E-state index contributed by atoms with van der Waals surface area (Å²) < 4.78 is 0. The van der Waals surface area contributed by atoms with Gasteiger partial charge in [-0.25, -0.2) is 0 Å². The first kappa shape index (κ1) is 10.3. The highest BCUT2D eigenvalue weighted by molar-refractivity contribution is 5.90. The minimum Gasteiger partial charge on any atom is -0.411 e. The van der Waals surface area contributed by atoms with Crippen molar-refractivity contribution in [2.75, 3.05) is 0 Å². The van der Waals surface area contributed by atoms with Crippen molar-refractivity contribution in [3.63, 3.8) is 0 Å². The minimum atomic E-state index is 0.822. The van der Waals surface area contributed by atoms with E-state index in [1.54, 1.807) is 0 Å². The molecule has 2 aliphatic rings. The molecular formula is C15H15NO. The van der Waals surface area contributed by atoms with Gasteiger partial charge in [-0.15, -0.1) is 0 Å². The van der Waals surface area contributed by atoms with E-state index in [1.165, 1.54) is 22.3 Å². The lowest BCUT2D eigenvalue weighted by atomic mass is 9.92. The molecule has 0 unspecified atom stereocenters. The second-order valence-electron chi connectivity index (χ2n) is 4.68. The Bertz CT molecular complexity index is 523. The zero-order valence-electron chi connectivity index (χ0n) is 9.69. The van der Waals surface area contributed by atoms with Crippen LogP contribution in [0, 0.1) is 0 Å². The van der Waals surface area contributed by atoms with E-state index in [4.69, 9.17) is 5.21 Å². The Kier molecular flexibility index (Phi) is 2.56. The van der Waals surface area contributed by atoms with Crippen molar-refractivity contribution >= 4 is 11.3 Å². The molecule has 0 amide bonds. The molecule has 0 saturated heterocycles. The quantitative estimate of drug-likeness (QED) is 0.572. The third-order valence-electron chi connectivity index (χ3n) is 3.60. The lowest BCUT2D eigenvalue weighted by molar-refractivity contribution is 0.316. The first-order valence-electron chi connectivity index (χ1n) is 6.03. The fourth-order valence-corrected chi connectivity index (χ4v) is 2.66. The topological polar surface area (TPSA) is 32.6 Å². The molecule has 17 heavy (non-hydrogen) atoms. The molecule has 0 saturated carbocycles. The van der Waals surface area contributed by atoms with Crippen LogP contribution in [-0.2, 0) is 0 Å². The van der Waals surface area contributed by atoms with Gasteiger partial charge in [0.15, 0.2) is 0 Å². The van der Waals surface area contributed by atoms with Crippen LogP contribution in [0.2, 0.25) is 0 Å². The summed E-state index contributed by atoms with van der Waals surface area (Å²) in [5.41, 5.74) is 6.51. The van der Waals surface area contributed by atoms with Gasteiger partial charge in [-0.1, -0.05) is 47.1 Å². The second-order valence-corrected chi connectivity index (χ2v) is 4.68. The molecule has 2 heteroatoms. The average molecular weight is 225 g/mol. The van der Waals surface area contributed by atoms with Gasteiger partial charge in [-0.3, -0.25) is 0 Å². The standard InChI is InChI=1S/C15H15NO/c17-16-15-7-6-12-8-13(9-14(12)10-15)11-4-2-1-3-5-11/h1-5,9,17H,6-8,10H2/b16-15+. The summed E-state index contributed by atoms with van der Waals surface area (Å²) in [4.78, 5) is 0. The number of allylic oxidation sites excluding steroid dienone is 4. The molecule has 86 valence electrons. The Hall–Kier alpha value is -1.83. The molecule has 0 aromatic heterocycles. The number of hydrogen-bond acceptors (Lipinski definition) is 2. The van der Waals surface area contributed by atoms with Crippen LogP contribution in [0.3, 0.4) is 0 Å². The van der Waals surface area contributed by atoms with E-state index in [1.807, 2.05) is 6.07 Å². The van der Waals surface area contributed by atoms with E-state index >= 15 is 0 Å². The monoisotopic (exact) mass is 225 g/mol. The van der Waals surface area contributed by atoms with Crippen LogP contribution in [0.25, 0.3) is 5.57 Å². The smallest absolute Gasteiger partial charge is 0.0617 e. The summed E-state index contributed by atoms with van der Waals surface area (Å²) in [5, 5.41) is 12.2. The number of rotatable bonds is 1. The predicted octanol–water partition coefficient (Wildman–Crippen LogP) is 3.78. The molecule has 0 radical (unpaired) electrons. The Morgan fingerprint density at radius 3 is 2.59 bits per heavy atom. The van der Waals surface area contributed by atoms with E-state index < -0.39 is 0 Å². The highest BCUT2D eigenvalue weighted by atomic mass is 16.4. The van der Waals surface area contributed by atoms with Gasteiger partial charge >= 0.3 is 0 Å². The van der Waals surface area contributed by atoms with Gasteiger partial charge in [0.25, 0.3) is 0 Å². The molecule has 2 aliphatic carbocycles. The Labute approximate surface area is 101 Å². The molecule has 1 aromatic carbocycles. The number of benzene rings is 1. The van der Waals surface area contributed by atoms with Gasteiger partial charge in [-0.05, 0) is 36.0 Å². The van der Waals surface area contributed by atoms with E-state index in [2.05, 4.69) is 35.5 Å². The summed E-state index contributed by atoms with van der Waals surface area (Å²) in [5.74, 6) is 0. The van der Waals surface area contributed by atoms with Crippen LogP contribution in [0.5, 0.6) is 0 Å². The van der Waals surface area contributed by atoms with Crippen LogP contribution in [0.15, 0.2) is 52.7 Å². The molecule has 0 bridgehead atoms. The highest BCUT2D eigenvalue weighted by Gasteiger charge is 2.22. The first-order valence-corrected chi connectivity index (χ1v) is 6.03. The summed E-state index contributed by atoms with van der Waals surface area (Å²) >= 11 is 0.